The van der Waals surface area contributed by atoms with E-state index >= 15 is 0 Å². The quantitative estimate of drug-likeness (QED) is 0.685. The number of rotatable bonds is 3. The van der Waals surface area contributed by atoms with Crippen molar-refractivity contribution in [2.45, 2.75) is 13.8 Å². The van der Waals surface area contributed by atoms with Crippen LogP contribution in [-0.2, 0) is 9.78 Å². The second-order valence-electron chi connectivity index (χ2n) is 5.91. The van der Waals surface area contributed by atoms with E-state index in [-0.39, 0.29) is 0 Å². The van der Waals surface area contributed by atoms with Crippen molar-refractivity contribution in [3.63, 3.8) is 0 Å². The molecule has 7 nitrogen and oxygen atoms in total. The number of hydrogen-bond acceptors (Lipinski definition) is 6. The Morgan fingerprint density at radius 2 is 1.88 bits per heavy atom. The Morgan fingerprint density at radius 1 is 1.08 bits per heavy atom. The van der Waals surface area contributed by atoms with E-state index in [1.807, 2.05) is 11.7 Å². The summed E-state index contributed by atoms with van der Waals surface area (Å²) in [6.45, 7) is 4.13. The summed E-state index contributed by atoms with van der Waals surface area (Å²) >= 11 is 0. The maximum atomic E-state index is 5.18. The summed E-state index contributed by atoms with van der Waals surface area (Å²) in [6, 6.07) is 6.29. The zero-order chi connectivity index (χ0) is 17.4. The van der Waals surface area contributed by atoms with Crippen molar-refractivity contribution in [2.24, 2.45) is 0 Å². The molecule has 0 radical (unpaired) electrons. The molecule has 0 atom stereocenters. The van der Waals surface area contributed by atoms with Crippen molar-refractivity contribution in [3.05, 3.63) is 66.1 Å². The molecule has 1 aliphatic rings. The summed E-state index contributed by atoms with van der Waals surface area (Å²) in [5.74, 6) is 1.22. The van der Waals surface area contributed by atoms with E-state index < -0.39 is 0 Å². The average Bonchev–Trinajstić information content (AvgIpc) is 3.05. The highest BCUT2D eigenvalue weighted by atomic mass is 17.2. The molecular weight excluding hydrogens is 318 g/mol. The second kappa shape index (κ2) is 5.94. The first-order chi connectivity index (χ1) is 12.1. The van der Waals surface area contributed by atoms with Crippen LogP contribution in [0.25, 0.3) is 16.7 Å². The Labute approximate surface area is 144 Å². The molecule has 1 aliphatic heterocycles. The largest absolute Gasteiger partial charge is 0.296 e. The van der Waals surface area contributed by atoms with Gasteiger partial charge >= 0.3 is 0 Å². The van der Waals surface area contributed by atoms with Gasteiger partial charge in [-0.2, -0.15) is 5.10 Å². The molecule has 0 saturated heterocycles. The smallest absolute Gasteiger partial charge is 0.251 e. The molecule has 3 heterocycles. The Hall–Kier alpha value is -3.35. The van der Waals surface area contributed by atoms with Gasteiger partial charge in [-0.15, -0.1) is 0 Å². The van der Waals surface area contributed by atoms with Crippen molar-refractivity contribution in [2.75, 3.05) is 11.9 Å². The number of fused-ring (bicyclic) bond motifs is 1. The Morgan fingerprint density at radius 3 is 2.60 bits per heavy atom. The molecule has 7 heteroatoms. The number of aryl methyl sites for hydroxylation is 2. The van der Waals surface area contributed by atoms with Crippen LogP contribution in [0.15, 0.2) is 55.0 Å². The van der Waals surface area contributed by atoms with E-state index in [1.165, 1.54) is 23.7 Å². The number of nitrogens with zero attached hydrogens (tertiary/aromatic N) is 5. The lowest BCUT2D eigenvalue weighted by Gasteiger charge is -2.21. The predicted octanol–water partition coefficient (Wildman–Crippen LogP) is 3.19. The van der Waals surface area contributed by atoms with Crippen LogP contribution in [0.3, 0.4) is 0 Å². The fourth-order valence-corrected chi connectivity index (χ4v) is 2.89. The molecule has 0 bridgehead atoms. The summed E-state index contributed by atoms with van der Waals surface area (Å²) in [6.07, 6.45) is 8.30. The van der Waals surface area contributed by atoms with Crippen molar-refractivity contribution >= 4 is 16.9 Å². The lowest BCUT2D eigenvalue weighted by atomic mass is 10.1. The topological polar surface area (TPSA) is 65.3 Å². The van der Waals surface area contributed by atoms with Crippen molar-refractivity contribution < 1.29 is 9.78 Å². The van der Waals surface area contributed by atoms with Gasteiger partial charge in [0.2, 0.25) is 0 Å². The van der Waals surface area contributed by atoms with Gasteiger partial charge in [0, 0.05) is 13.1 Å². The molecule has 1 aromatic carbocycles. The first-order valence-corrected chi connectivity index (χ1v) is 7.85. The summed E-state index contributed by atoms with van der Waals surface area (Å²) in [7, 11) is 1.85. The minimum Gasteiger partial charge on any atom is -0.296 e. The minimum absolute atomic E-state index is 0.529. The zero-order valence-electron chi connectivity index (χ0n) is 14.2. The van der Waals surface area contributed by atoms with Gasteiger partial charge in [0.15, 0.2) is 5.65 Å². The fraction of sp³-hybridized carbons (Fsp3) is 0.167. The van der Waals surface area contributed by atoms with Gasteiger partial charge in [0.1, 0.15) is 18.4 Å². The standard InChI is InChI=1S/C18H17N5O2/c1-12-7-13(2)9-14(8-12)23-18-15(10-21-23)17(19-11-20-18)22(3)16-5-4-6-24-25-16/h4-11H,1-3H3. The molecular formula is C18H17N5O2. The van der Waals surface area contributed by atoms with Crippen LogP contribution in [0.5, 0.6) is 0 Å². The molecule has 0 spiro atoms. The normalized spacial score (nSPS) is 13.3. The summed E-state index contributed by atoms with van der Waals surface area (Å²) in [4.78, 5) is 20.7. The van der Waals surface area contributed by atoms with Crippen LogP contribution in [0.4, 0.5) is 5.82 Å². The number of benzene rings is 1. The molecule has 0 N–H and O–H groups in total. The maximum absolute atomic E-state index is 5.18. The Bertz CT molecular complexity index is 986. The maximum Gasteiger partial charge on any atom is 0.251 e. The van der Waals surface area contributed by atoms with Gasteiger partial charge in [0.25, 0.3) is 5.88 Å². The monoisotopic (exact) mass is 335 g/mol. The molecule has 0 fully saturated rings. The fourth-order valence-electron chi connectivity index (χ4n) is 2.89. The molecule has 0 unspecified atom stereocenters. The predicted molar refractivity (Wildman–Crippen MR) is 93.9 cm³/mol. The van der Waals surface area contributed by atoms with Gasteiger partial charge in [-0.05, 0) is 43.2 Å². The molecule has 3 aromatic rings. The summed E-state index contributed by atoms with van der Waals surface area (Å²) in [5.41, 5.74) is 4.05. The van der Waals surface area contributed by atoms with Gasteiger partial charge in [0.05, 0.1) is 17.3 Å². The van der Waals surface area contributed by atoms with Crippen molar-refractivity contribution in [1.82, 2.24) is 19.7 Å². The molecule has 2 aromatic heterocycles. The van der Waals surface area contributed by atoms with E-state index in [9.17, 15) is 0 Å². The van der Waals surface area contributed by atoms with Gasteiger partial charge in [-0.25, -0.2) is 14.6 Å². The third-order valence-electron chi connectivity index (χ3n) is 3.95. The summed E-state index contributed by atoms with van der Waals surface area (Å²) in [5, 5.41) is 5.34. The van der Waals surface area contributed by atoms with Crippen molar-refractivity contribution in [1.29, 1.82) is 0 Å². The lowest BCUT2D eigenvalue weighted by Crippen LogP contribution is -2.20. The van der Waals surface area contributed by atoms with Gasteiger partial charge in [-0.1, -0.05) is 6.07 Å². The number of aromatic nitrogens is 4. The van der Waals surface area contributed by atoms with E-state index in [0.29, 0.717) is 11.7 Å². The highest BCUT2D eigenvalue weighted by Crippen LogP contribution is 2.27. The van der Waals surface area contributed by atoms with E-state index in [1.54, 1.807) is 23.2 Å². The molecule has 0 saturated carbocycles. The Balaban J connectivity index is 1.83. The van der Waals surface area contributed by atoms with Crippen molar-refractivity contribution in [3.8, 4) is 5.69 Å². The van der Waals surface area contributed by atoms with Crippen LogP contribution >= 0.6 is 0 Å². The molecule has 0 aliphatic carbocycles. The molecule has 4 rings (SSSR count). The minimum atomic E-state index is 0.529. The first-order valence-electron chi connectivity index (χ1n) is 7.85. The highest BCUT2D eigenvalue weighted by molar-refractivity contribution is 5.88. The van der Waals surface area contributed by atoms with E-state index in [0.717, 1.165) is 16.7 Å². The average molecular weight is 335 g/mol. The van der Waals surface area contributed by atoms with Crippen LogP contribution in [0.2, 0.25) is 0 Å². The second-order valence-corrected chi connectivity index (χ2v) is 5.91. The molecule has 25 heavy (non-hydrogen) atoms. The lowest BCUT2D eigenvalue weighted by molar-refractivity contribution is -0.215. The first kappa shape index (κ1) is 15.2. The van der Waals surface area contributed by atoms with Crippen LogP contribution < -0.4 is 4.90 Å². The van der Waals surface area contributed by atoms with E-state index in [2.05, 4.69) is 47.1 Å². The number of allylic oxidation sites excluding steroid dienone is 2. The Kier molecular flexibility index (Phi) is 3.61. The van der Waals surface area contributed by atoms with Crippen LogP contribution in [0.1, 0.15) is 11.1 Å². The SMILES string of the molecule is Cc1cc(C)cc(-n2ncc3c(N(C)C4=CC=COO4)ncnc32)c1. The van der Waals surface area contributed by atoms with Gasteiger partial charge in [-0.3, -0.25) is 14.7 Å². The third kappa shape index (κ3) is 2.69. The highest BCUT2D eigenvalue weighted by Gasteiger charge is 2.18. The number of hydrogen-bond donors (Lipinski definition) is 0. The molecule has 126 valence electrons. The van der Waals surface area contributed by atoms with E-state index in [4.69, 9.17) is 9.78 Å². The number of anilines is 1. The third-order valence-corrected chi connectivity index (χ3v) is 3.95. The van der Waals surface area contributed by atoms with Crippen LogP contribution in [-0.4, -0.2) is 26.8 Å². The molecule has 0 amide bonds. The van der Waals surface area contributed by atoms with Crippen LogP contribution in [0, 0.1) is 13.8 Å². The summed E-state index contributed by atoms with van der Waals surface area (Å²) < 4.78 is 1.82. The van der Waals surface area contributed by atoms with Gasteiger partial charge < -0.3 is 0 Å². The zero-order valence-corrected chi connectivity index (χ0v) is 14.2.